The maximum absolute atomic E-state index is 5.81. The number of hydrogen-bond acceptors (Lipinski definition) is 4. The van der Waals surface area contributed by atoms with Gasteiger partial charge in [-0.15, -0.1) is 0 Å². The topological polar surface area (TPSA) is 62.3 Å². The van der Waals surface area contributed by atoms with E-state index in [1.165, 1.54) is 0 Å². The van der Waals surface area contributed by atoms with Crippen LogP contribution in [0.1, 0.15) is 11.3 Å². The van der Waals surface area contributed by atoms with Crippen LogP contribution in [0, 0.1) is 6.92 Å². The second-order valence-corrected chi connectivity index (χ2v) is 4.36. The molecule has 2 N–H and O–H groups in total. The lowest BCUT2D eigenvalue weighted by molar-refractivity contribution is 0.0603. The molecule has 0 unspecified atom stereocenters. The van der Waals surface area contributed by atoms with Gasteiger partial charge in [-0.05, 0) is 30.7 Å². The fourth-order valence-electron chi connectivity index (χ4n) is 1.72. The third kappa shape index (κ3) is 3.56. The molecule has 19 heavy (non-hydrogen) atoms. The van der Waals surface area contributed by atoms with Crippen molar-refractivity contribution in [2.45, 2.75) is 13.5 Å². The van der Waals surface area contributed by atoms with Gasteiger partial charge in [0.1, 0.15) is 0 Å². The van der Waals surface area contributed by atoms with Crippen LogP contribution < -0.4 is 5.73 Å². The van der Waals surface area contributed by atoms with E-state index in [1.54, 1.807) is 13.4 Å². The monoisotopic (exact) mass is 261 g/mol. The summed E-state index contributed by atoms with van der Waals surface area (Å²) in [4.78, 5) is 4.31. The van der Waals surface area contributed by atoms with Crippen molar-refractivity contribution in [1.29, 1.82) is 0 Å². The number of nitrogens with two attached hydrogens (primary N) is 1. The van der Waals surface area contributed by atoms with Crippen molar-refractivity contribution in [3.63, 3.8) is 0 Å². The van der Waals surface area contributed by atoms with E-state index in [2.05, 4.69) is 4.98 Å². The predicted molar refractivity (Wildman–Crippen MR) is 74.2 cm³/mol. The third-order valence-electron chi connectivity index (χ3n) is 2.87. The molecule has 0 amide bonds. The zero-order valence-electron chi connectivity index (χ0n) is 11.3. The summed E-state index contributed by atoms with van der Waals surface area (Å²) in [5, 5.41) is 0. The number of methoxy groups -OCH3 is 1. The molecule has 0 aliphatic heterocycles. The Morgan fingerprint density at radius 3 is 2.89 bits per heavy atom. The third-order valence-corrected chi connectivity index (χ3v) is 2.87. The summed E-state index contributed by atoms with van der Waals surface area (Å²) in [5.74, 6) is 0. The smallest absolute Gasteiger partial charge is 0.0996 e. The van der Waals surface area contributed by atoms with Gasteiger partial charge < -0.3 is 19.8 Å². The molecule has 2 rings (SSSR count). The SMILES string of the molecule is COCCOCc1cn(-c2ccc(N)c(C)c2)cn1. The van der Waals surface area contributed by atoms with Gasteiger partial charge in [-0.25, -0.2) is 4.98 Å². The molecule has 5 nitrogen and oxygen atoms in total. The Morgan fingerprint density at radius 2 is 2.16 bits per heavy atom. The molecule has 2 aromatic rings. The van der Waals surface area contributed by atoms with E-state index in [9.17, 15) is 0 Å². The first kappa shape index (κ1) is 13.6. The summed E-state index contributed by atoms with van der Waals surface area (Å²) in [7, 11) is 1.65. The maximum Gasteiger partial charge on any atom is 0.0996 e. The molecule has 0 fully saturated rings. The van der Waals surface area contributed by atoms with Crippen LogP contribution in [-0.4, -0.2) is 29.9 Å². The van der Waals surface area contributed by atoms with Gasteiger partial charge in [-0.3, -0.25) is 0 Å². The lowest BCUT2D eigenvalue weighted by Gasteiger charge is -2.05. The van der Waals surface area contributed by atoms with Crippen LogP contribution in [0.5, 0.6) is 0 Å². The van der Waals surface area contributed by atoms with Crippen LogP contribution in [0.3, 0.4) is 0 Å². The van der Waals surface area contributed by atoms with Gasteiger partial charge in [0.2, 0.25) is 0 Å². The van der Waals surface area contributed by atoms with Crippen LogP contribution in [0.15, 0.2) is 30.7 Å². The van der Waals surface area contributed by atoms with Gasteiger partial charge >= 0.3 is 0 Å². The van der Waals surface area contributed by atoms with Gasteiger partial charge in [0.05, 0.1) is 31.8 Å². The lowest BCUT2D eigenvalue weighted by atomic mass is 10.2. The molecule has 5 heteroatoms. The number of benzene rings is 1. The van der Waals surface area contributed by atoms with E-state index >= 15 is 0 Å². The summed E-state index contributed by atoms with van der Waals surface area (Å²) in [6.45, 7) is 3.65. The van der Waals surface area contributed by atoms with Crippen LogP contribution in [0.25, 0.3) is 5.69 Å². The highest BCUT2D eigenvalue weighted by atomic mass is 16.5. The van der Waals surface area contributed by atoms with E-state index < -0.39 is 0 Å². The first-order valence-corrected chi connectivity index (χ1v) is 6.17. The summed E-state index contributed by atoms with van der Waals surface area (Å²) in [5.41, 5.74) is 9.60. The maximum atomic E-state index is 5.81. The number of nitrogen functional groups attached to an aromatic ring is 1. The van der Waals surface area contributed by atoms with E-state index in [-0.39, 0.29) is 0 Å². The summed E-state index contributed by atoms with van der Waals surface area (Å²) < 4.78 is 12.3. The normalized spacial score (nSPS) is 10.8. The zero-order valence-corrected chi connectivity index (χ0v) is 11.3. The molecule has 0 saturated heterocycles. The van der Waals surface area contributed by atoms with E-state index in [4.69, 9.17) is 15.2 Å². The Morgan fingerprint density at radius 1 is 1.32 bits per heavy atom. The predicted octanol–water partition coefficient (Wildman–Crippen LogP) is 1.93. The Kier molecular flexibility index (Phi) is 4.54. The summed E-state index contributed by atoms with van der Waals surface area (Å²) >= 11 is 0. The number of hydrogen-bond donors (Lipinski definition) is 1. The molecule has 0 aliphatic carbocycles. The van der Waals surface area contributed by atoms with Crippen LogP contribution in [-0.2, 0) is 16.1 Å². The average molecular weight is 261 g/mol. The fourth-order valence-corrected chi connectivity index (χ4v) is 1.72. The number of ether oxygens (including phenoxy) is 2. The van der Waals surface area contributed by atoms with Crippen LogP contribution in [0.4, 0.5) is 5.69 Å². The number of aryl methyl sites for hydroxylation is 1. The Hall–Kier alpha value is -1.85. The fraction of sp³-hybridized carbons (Fsp3) is 0.357. The number of rotatable bonds is 6. The van der Waals surface area contributed by atoms with Crippen molar-refractivity contribution in [3.8, 4) is 5.69 Å². The Bertz CT molecular complexity index is 537. The molecular weight excluding hydrogens is 242 g/mol. The molecule has 0 radical (unpaired) electrons. The van der Waals surface area contributed by atoms with E-state index in [0.29, 0.717) is 19.8 Å². The lowest BCUT2D eigenvalue weighted by Crippen LogP contribution is -2.01. The molecule has 102 valence electrons. The number of anilines is 1. The summed E-state index contributed by atoms with van der Waals surface area (Å²) in [6, 6.07) is 5.91. The number of nitrogens with zero attached hydrogens (tertiary/aromatic N) is 2. The molecule has 1 heterocycles. The standard InChI is InChI=1S/C14H19N3O2/c1-11-7-13(3-4-14(11)15)17-8-12(16-10-17)9-19-6-5-18-2/h3-4,7-8,10H,5-6,9,15H2,1-2H3. The van der Waals surface area contributed by atoms with Gasteiger partial charge in [0.25, 0.3) is 0 Å². The van der Waals surface area contributed by atoms with Gasteiger partial charge in [-0.2, -0.15) is 0 Å². The average Bonchev–Trinajstić information content (AvgIpc) is 2.87. The van der Waals surface area contributed by atoms with Crippen molar-refractivity contribution in [3.05, 3.63) is 42.0 Å². The first-order chi connectivity index (χ1) is 9.20. The van der Waals surface area contributed by atoms with Crippen molar-refractivity contribution < 1.29 is 9.47 Å². The van der Waals surface area contributed by atoms with Gasteiger partial charge in [0, 0.05) is 24.7 Å². The minimum atomic E-state index is 0.490. The minimum Gasteiger partial charge on any atom is -0.399 e. The van der Waals surface area contributed by atoms with Crippen molar-refractivity contribution in [2.24, 2.45) is 0 Å². The van der Waals surface area contributed by atoms with Crippen molar-refractivity contribution >= 4 is 5.69 Å². The van der Waals surface area contributed by atoms with Crippen LogP contribution >= 0.6 is 0 Å². The zero-order chi connectivity index (χ0) is 13.7. The molecule has 0 spiro atoms. The second-order valence-electron chi connectivity index (χ2n) is 4.36. The van der Waals surface area contributed by atoms with Gasteiger partial charge in [-0.1, -0.05) is 0 Å². The molecule has 0 saturated carbocycles. The Balaban J connectivity index is 2.01. The van der Waals surface area contributed by atoms with Crippen LogP contribution in [0.2, 0.25) is 0 Å². The minimum absolute atomic E-state index is 0.490. The van der Waals surface area contributed by atoms with E-state index in [1.807, 2.05) is 35.9 Å². The second kappa shape index (κ2) is 6.36. The first-order valence-electron chi connectivity index (χ1n) is 6.17. The highest BCUT2D eigenvalue weighted by Crippen LogP contribution is 2.16. The quantitative estimate of drug-likeness (QED) is 0.637. The largest absolute Gasteiger partial charge is 0.399 e. The van der Waals surface area contributed by atoms with Crippen molar-refractivity contribution in [2.75, 3.05) is 26.1 Å². The Labute approximate surface area is 113 Å². The molecule has 0 atom stereocenters. The number of aromatic nitrogens is 2. The van der Waals surface area contributed by atoms with Crippen molar-refractivity contribution in [1.82, 2.24) is 9.55 Å². The van der Waals surface area contributed by atoms with Gasteiger partial charge in [0.15, 0.2) is 0 Å². The summed E-state index contributed by atoms with van der Waals surface area (Å²) in [6.07, 6.45) is 3.73. The molecule has 0 aliphatic rings. The molecule has 0 bridgehead atoms. The highest BCUT2D eigenvalue weighted by molar-refractivity contribution is 5.52. The molecular formula is C14H19N3O2. The molecule has 1 aromatic carbocycles. The highest BCUT2D eigenvalue weighted by Gasteiger charge is 2.02. The molecule has 1 aromatic heterocycles. The number of imidazole rings is 1. The van der Waals surface area contributed by atoms with E-state index in [0.717, 1.165) is 22.6 Å².